The first kappa shape index (κ1) is 12.0. The fraction of sp³-hybridized carbons (Fsp3) is 1.00. The van der Waals surface area contributed by atoms with Crippen molar-refractivity contribution in [3.63, 3.8) is 0 Å². The minimum atomic E-state index is 0.754. The maximum atomic E-state index is 3.47. The monoisotopic (exact) mass is 197 g/mol. The lowest BCUT2D eigenvalue weighted by Crippen LogP contribution is -2.41. The van der Waals surface area contributed by atoms with Gasteiger partial charge in [-0.25, -0.2) is 0 Å². The zero-order valence-electron chi connectivity index (χ0n) is 10.2. The first-order valence-corrected chi connectivity index (χ1v) is 6.47. The molecule has 0 spiro atoms. The molecule has 0 unspecified atom stereocenters. The van der Waals surface area contributed by atoms with Crippen LogP contribution in [-0.4, -0.2) is 13.1 Å². The van der Waals surface area contributed by atoms with E-state index in [4.69, 9.17) is 0 Å². The van der Waals surface area contributed by atoms with E-state index in [-0.39, 0.29) is 0 Å². The highest BCUT2D eigenvalue weighted by Gasteiger charge is 2.41. The van der Waals surface area contributed by atoms with Gasteiger partial charge in [0.05, 0.1) is 0 Å². The number of rotatable bonds is 7. The quantitative estimate of drug-likeness (QED) is 0.657. The Morgan fingerprint density at radius 3 is 2.07 bits per heavy atom. The lowest BCUT2D eigenvalue weighted by atomic mass is 9.58. The van der Waals surface area contributed by atoms with Crippen molar-refractivity contribution in [2.75, 3.05) is 13.1 Å². The average molecular weight is 197 g/mol. The zero-order valence-corrected chi connectivity index (χ0v) is 10.2. The highest BCUT2D eigenvalue weighted by atomic mass is 14.9. The normalized spacial score (nSPS) is 20.8. The van der Waals surface area contributed by atoms with Gasteiger partial charge in [-0.1, -0.05) is 33.6 Å². The van der Waals surface area contributed by atoms with Crippen molar-refractivity contribution in [3.8, 4) is 0 Å². The van der Waals surface area contributed by atoms with E-state index in [1.165, 1.54) is 45.1 Å². The van der Waals surface area contributed by atoms with E-state index in [2.05, 4.69) is 26.1 Å². The summed E-state index contributed by atoms with van der Waals surface area (Å²) in [6.07, 6.45) is 8.64. The summed E-state index contributed by atoms with van der Waals surface area (Å²) in [5.74, 6) is 0.980. The largest absolute Gasteiger partial charge is 0.317 e. The Morgan fingerprint density at radius 2 is 1.64 bits per heavy atom. The van der Waals surface area contributed by atoms with Crippen LogP contribution in [0.25, 0.3) is 0 Å². The highest BCUT2D eigenvalue weighted by molar-refractivity contribution is 4.93. The molecule has 1 aliphatic carbocycles. The smallest absolute Gasteiger partial charge is 0.00202 e. The summed E-state index contributed by atoms with van der Waals surface area (Å²) in [6, 6.07) is 0. The van der Waals surface area contributed by atoms with Crippen LogP contribution in [0.3, 0.4) is 0 Å². The Balaban J connectivity index is 2.24. The lowest BCUT2D eigenvalue weighted by molar-refractivity contribution is 0.0341. The van der Waals surface area contributed by atoms with Gasteiger partial charge in [0.25, 0.3) is 0 Å². The van der Waals surface area contributed by atoms with Crippen molar-refractivity contribution in [1.29, 1.82) is 0 Å². The van der Waals surface area contributed by atoms with Gasteiger partial charge in [-0.15, -0.1) is 0 Å². The molecule has 0 radical (unpaired) electrons. The van der Waals surface area contributed by atoms with E-state index >= 15 is 0 Å². The maximum Gasteiger partial charge on any atom is -0.00202 e. The van der Waals surface area contributed by atoms with Gasteiger partial charge in [0, 0.05) is 0 Å². The van der Waals surface area contributed by atoms with Crippen LogP contribution >= 0.6 is 0 Å². The summed E-state index contributed by atoms with van der Waals surface area (Å²) in [7, 11) is 0. The van der Waals surface area contributed by atoms with Crippen LogP contribution in [0, 0.1) is 11.3 Å². The summed E-state index contributed by atoms with van der Waals surface area (Å²) in [5.41, 5.74) is 0.754. The molecule has 1 saturated carbocycles. The minimum absolute atomic E-state index is 0.754. The topological polar surface area (TPSA) is 12.0 Å². The second kappa shape index (κ2) is 5.75. The van der Waals surface area contributed by atoms with Gasteiger partial charge in [0.1, 0.15) is 0 Å². The molecule has 0 aromatic carbocycles. The molecule has 1 rings (SSSR count). The minimum Gasteiger partial charge on any atom is -0.317 e. The van der Waals surface area contributed by atoms with Crippen LogP contribution in [0.2, 0.25) is 0 Å². The molecule has 1 N–H and O–H groups in total. The fourth-order valence-electron chi connectivity index (χ4n) is 3.25. The molecule has 84 valence electrons. The second-order valence-electron chi connectivity index (χ2n) is 5.08. The Kier molecular flexibility index (Phi) is 4.94. The van der Waals surface area contributed by atoms with Gasteiger partial charge in [-0.05, 0) is 50.1 Å². The third-order valence-electron chi connectivity index (χ3n) is 3.69. The van der Waals surface area contributed by atoms with Gasteiger partial charge in [0.15, 0.2) is 0 Å². The third kappa shape index (κ3) is 2.98. The van der Waals surface area contributed by atoms with Gasteiger partial charge in [-0.3, -0.25) is 0 Å². The molecule has 0 amide bonds. The zero-order chi connectivity index (χ0) is 10.4. The molecule has 1 heteroatoms. The van der Waals surface area contributed by atoms with Crippen LogP contribution < -0.4 is 5.32 Å². The lowest BCUT2D eigenvalue weighted by Gasteiger charge is -2.48. The molecule has 14 heavy (non-hydrogen) atoms. The summed E-state index contributed by atoms with van der Waals surface area (Å²) in [4.78, 5) is 0. The Labute approximate surface area is 89.7 Å². The predicted molar refractivity (Wildman–Crippen MR) is 63.5 cm³/mol. The third-order valence-corrected chi connectivity index (χ3v) is 3.69. The summed E-state index contributed by atoms with van der Waals surface area (Å²) in [6.45, 7) is 9.24. The van der Waals surface area contributed by atoms with Crippen LogP contribution in [0.1, 0.15) is 59.3 Å². The molecule has 1 aliphatic rings. The molecule has 0 heterocycles. The van der Waals surface area contributed by atoms with Crippen molar-refractivity contribution in [2.45, 2.75) is 59.3 Å². The van der Waals surface area contributed by atoms with E-state index in [9.17, 15) is 0 Å². The first-order chi connectivity index (χ1) is 6.76. The molecule has 0 atom stereocenters. The molecule has 0 aliphatic heterocycles. The van der Waals surface area contributed by atoms with Crippen LogP contribution in [0.15, 0.2) is 0 Å². The van der Waals surface area contributed by atoms with E-state index in [1.807, 2.05) is 0 Å². The van der Waals surface area contributed by atoms with Crippen molar-refractivity contribution in [1.82, 2.24) is 5.32 Å². The molecule has 0 aromatic rings. The molecule has 0 aromatic heterocycles. The highest BCUT2D eigenvalue weighted by Crippen LogP contribution is 2.51. The van der Waals surface area contributed by atoms with Crippen LogP contribution in [-0.2, 0) is 0 Å². The molecule has 0 bridgehead atoms. The van der Waals surface area contributed by atoms with Crippen molar-refractivity contribution >= 4 is 0 Å². The van der Waals surface area contributed by atoms with Crippen LogP contribution in [0.4, 0.5) is 0 Å². The second-order valence-corrected chi connectivity index (χ2v) is 5.08. The predicted octanol–water partition coefficient (Wildman–Crippen LogP) is 3.59. The number of hydrogen-bond donors (Lipinski definition) is 1. The Morgan fingerprint density at radius 1 is 1.07 bits per heavy atom. The van der Waals surface area contributed by atoms with Crippen LogP contribution in [0.5, 0.6) is 0 Å². The average Bonchev–Trinajstić information content (AvgIpc) is 2.11. The summed E-state index contributed by atoms with van der Waals surface area (Å²) >= 11 is 0. The first-order valence-electron chi connectivity index (χ1n) is 6.47. The number of hydrogen-bond acceptors (Lipinski definition) is 1. The van der Waals surface area contributed by atoms with E-state index in [0.29, 0.717) is 0 Å². The van der Waals surface area contributed by atoms with Gasteiger partial charge in [0.2, 0.25) is 0 Å². The molecule has 1 fully saturated rings. The molecule has 1 nitrogen and oxygen atoms in total. The standard InChI is InChI=1S/C13H27N/c1-4-7-13(8-5-2)9-12(10-13)11-14-6-3/h12,14H,4-11H2,1-3H3. The van der Waals surface area contributed by atoms with Crippen molar-refractivity contribution in [3.05, 3.63) is 0 Å². The molecular weight excluding hydrogens is 170 g/mol. The SMILES string of the molecule is CCCC1(CCC)CC(CNCC)C1. The van der Waals surface area contributed by atoms with Crippen molar-refractivity contribution in [2.24, 2.45) is 11.3 Å². The van der Waals surface area contributed by atoms with E-state index in [0.717, 1.165) is 17.9 Å². The Hall–Kier alpha value is -0.0400. The van der Waals surface area contributed by atoms with Crippen molar-refractivity contribution < 1.29 is 0 Å². The maximum absolute atomic E-state index is 3.47. The molecular formula is C13H27N. The van der Waals surface area contributed by atoms with E-state index < -0.39 is 0 Å². The molecule has 0 saturated heterocycles. The number of nitrogens with one attached hydrogen (secondary N) is 1. The Bertz CT molecular complexity index is 139. The van der Waals surface area contributed by atoms with Gasteiger partial charge >= 0.3 is 0 Å². The van der Waals surface area contributed by atoms with Gasteiger partial charge in [-0.2, -0.15) is 0 Å². The summed E-state index contributed by atoms with van der Waals surface area (Å²) < 4.78 is 0. The van der Waals surface area contributed by atoms with E-state index in [1.54, 1.807) is 0 Å². The summed E-state index contributed by atoms with van der Waals surface area (Å²) in [5, 5.41) is 3.47. The van der Waals surface area contributed by atoms with Gasteiger partial charge < -0.3 is 5.32 Å². The fourth-order valence-corrected chi connectivity index (χ4v) is 3.25.